The fourth-order valence-electron chi connectivity index (χ4n) is 1.11. The van der Waals surface area contributed by atoms with Gasteiger partial charge in [-0.2, -0.15) is 13.2 Å². The van der Waals surface area contributed by atoms with E-state index in [1.54, 1.807) is 25.1 Å². The molecule has 1 rings (SSSR count). The van der Waals surface area contributed by atoms with Gasteiger partial charge in [-0.05, 0) is 18.6 Å². The Hall–Kier alpha value is -0.840. The number of hydrogen-bond acceptors (Lipinski definition) is 1. The second-order valence-corrected chi connectivity index (χ2v) is 4.05. The third kappa shape index (κ3) is 3.34. The maximum atomic E-state index is 12.0. The van der Waals surface area contributed by atoms with E-state index in [2.05, 4.69) is 15.9 Å². The maximum absolute atomic E-state index is 12.0. The fraction of sp³-hybridized carbons (Fsp3) is 0.300. The van der Waals surface area contributed by atoms with Crippen molar-refractivity contribution in [2.75, 3.05) is 0 Å². The molecule has 0 aliphatic rings. The van der Waals surface area contributed by atoms with E-state index >= 15 is 0 Å². The second-order valence-electron chi connectivity index (χ2n) is 3.19. The lowest BCUT2D eigenvalue weighted by Crippen LogP contribution is -2.24. The van der Waals surface area contributed by atoms with Gasteiger partial charge in [-0.3, -0.25) is 4.79 Å². The van der Waals surface area contributed by atoms with Gasteiger partial charge in [0.05, 0.1) is 0 Å². The topological polar surface area (TPSA) is 17.1 Å². The van der Waals surface area contributed by atoms with Gasteiger partial charge in [-0.25, -0.2) is 0 Å². The van der Waals surface area contributed by atoms with Gasteiger partial charge in [0.2, 0.25) is 5.78 Å². The summed E-state index contributed by atoms with van der Waals surface area (Å²) < 4.78 is 36.5. The predicted molar refractivity (Wildman–Crippen MR) is 53.6 cm³/mol. The first kappa shape index (κ1) is 12.2. The Morgan fingerprint density at radius 1 is 1.40 bits per heavy atom. The molecule has 0 aliphatic heterocycles. The number of ketones is 1. The van der Waals surface area contributed by atoms with Crippen molar-refractivity contribution in [2.24, 2.45) is 0 Å². The largest absolute Gasteiger partial charge is 0.450 e. The number of alkyl halides is 3. The number of rotatable bonds is 2. The van der Waals surface area contributed by atoms with Crippen LogP contribution in [0.5, 0.6) is 0 Å². The molecule has 1 nitrogen and oxygen atoms in total. The average Bonchev–Trinajstić information content (AvgIpc) is 2.09. The van der Waals surface area contributed by atoms with Gasteiger partial charge in [0.1, 0.15) is 0 Å². The molecule has 0 saturated carbocycles. The standard InChI is InChI=1S/C10H8BrF3O/c1-6-2-3-8(11)7(4-6)5-9(15)10(12,13)14/h2-4H,5H2,1H3. The molecular weight excluding hydrogens is 273 g/mol. The molecule has 0 aliphatic carbocycles. The molecule has 0 amide bonds. The van der Waals surface area contributed by atoms with Crippen LogP contribution in [0.25, 0.3) is 0 Å². The summed E-state index contributed by atoms with van der Waals surface area (Å²) >= 11 is 3.11. The minimum Gasteiger partial charge on any atom is -0.289 e. The molecule has 0 heterocycles. The Balaban J connectivity index is 2.90. The zero-order valence-corrected chi connectivity index (χ0v) is 9.45. The molecule has 0 aromatic heterocycles. The molecule has 0 N–H and O–H groups in total. The van der Waals surface area contributed by atoms with Crippen molar-refractivity contribution in [3.8, 4) is 0 Å². The molecule has 0 fully saturated rings. The highest BCUT2D eigenvalue weighted by Crippen LogP contribution is 2.23. The molecule has 0 saturated heterocycles. The molecule has 0 atom stereocenters. The minimum absolute atomic E-state index is 0.359. The third-order valence-corrected chi connectivity index (χ3v) is 2.64. The van der Waals surface area contributed by atoms with Crippen LogP contribution in [0.4, 0.5) is 13.2 Å². The smallest absolute Gasteiger partial charge is 0.289 e. The lowest BCUT2D eigenvalue weighted by Gasteiger charge is -2.07. The number of halogens is 4. The first-order valence-electron chi connectivity index (χ1n) is 4.16. The normalized spacial score (nSPS) is 11.5. The summed E-state index contributed by atoms with van der Waals surface area (Å²) in [6, 6.07) is 4.95. The Kier molecular flexibility index (Phi) is 3.54. The number of aryl methyl sites for hydroxylation is 1. The molecule has 0 radical (unpaired) electrons. The van der Waals surface area contributed by atoms with E-state index in [1.165, 1.54) is 0 Å². The maximum Gasteiger partial charge on any atom is 0.450 e. The van der Waals surface area contributed by atoms with Crippen molar-refractivity contribution in [2.45, 2.75) is 19.5 Å². The lowest BCUT2D eigenvalue weighted by atomic mass is 10.1. The second kappa shape index (κ2) is 4.35. The summed E-state index contributed by atoms with van der Waals surface area (Å²) in [5, 5.41) is 0. The SMILES string of the molecule is Cc1ccc(Br)c(CC(=O)C(F)(F)F)c1. The zero-order chi connectivity index (χ0) is 11.6. The van der Waals surface area contributed by atoms with Crippen molar-refractivity contribution >= 4 is 21.7 Å². The molecule has 0 bridgehead atoms. The molecule has 1 aromatic rings. The molecule has 0 unspecified atom stereocenters. The minimum atomic E-state index is -4.76. The van der Waals surface area contributed by atoms with Crippen molar-refractivity contribution < 1.29 is 18.0 Å². The predicted octanol–water partition coefficient (Wildman–Crippen LogP) is 3.43. The Bertz CT molecular complexity index is 385. The van der Waals surface area contributed by atoms with Gasteiger partial charge in [-0.1, -0.05) is 33.6 Å². The molecule has 5 heteroatoms. The average molecular weight is 281 g/mol. The summed E-state index contributed by atoms with van der Waals surface area (Å²) in [7, 11) is 0. The molecular formula is C10H8BrF3O. The zero-order valence-electron chi connectivity index (χ0n) is 7.86. The highest BCUT2D eigenvalue weighted by molar-refractivity contribution is 9.10. The molecule has 15 heavy (non-hydrogen) atoms. The number of carbonyl (C=O) groups excluding carboxylic acids is 1. The van der Waals surface area contributed by atoms with Gasteiger partial charge < -0.3 is 0 Å². The third-order valence-electron chi connectivity index (χ3n) is 1.87. The number of carbonyl (C=O) groups is 1. The van der Waals surface area contributed by atoms with E-state index in [9.17, 15) is 18.0 Å². The van der Waals surface area contributed by atoms with Gasteiger partial charge in [0, 0.05) is 10.9 Å². The summed E-state index contributed by atoms with van der Waals surface area (Å²) in [5.41, 5.74) is 1.18. The van der Waals surface area contributed by atoms with E-state index in [-0.39, 0.29) is 0 Å². The highest BCUT2D eigenvalue weighted by atomic mass is 79.9. The number of benzene rings is 1. The monoisotopic (exact) mass is 280 g/mol. The van der Waals surface area contributed by atoms with Crippen LogP contribution in [0.15, 0.2) is 22.7 Å². The van der Waals surface area contributed by atoms with E-state index in [1.807, 2.05) is 0 Å². The summed E-state index contributed by atoms with van der Waals surface area (Å²) in [6.45, 7) is 1.76. The van der Waals surface area contributed by atoms with E-state index in [4.69, 9.17) is 0 Å². The van der Waals surface area contributed by atoms with Crippen LogP contribution in [0.2, 0.25) is 0 Å². The van der Waals surface area contributed by atoms with Crippen molar-refractivity contribution in [1.82, 2.24) is 0 Å². The van der Waals surface area contributed by atoms with E-state index in [0.717, 1.165) is 5.56 Å². The van der Waals surface area contributed by atoms with Crippen LogP contribution in [0, 0.1) is 6.92 Å². The van der Waals surface area contributed by atoms with Crippen LogP contribution in [0.1, 0.15) is 11.1 Å². The number of hydrogen-bond donors (Lipinski definition) is 0. The summed E-state index contributed by atoms with van der Waals surface area (Å²) in [5.74, 6) is -1.73. The van der Waals surface area contributed by atoms with E-state index < -0.39 is 18.4 Å². The summed E-state index contributed by atoms with van der Waals surface area (Å²) in [4.78, 5) is 10.8. The number of Topliss-reactive ketones (excluding diaryl/α,β-unsaturated/α-hetero) is 1. The van der Waals surface area contributed by atoms with Crippen LogP contribution >= 0.6 is 15.9 Å². The van der Waals surface area contributed by atoms with Crippen molar-refractivity contribution in [3.63, 3.8) is 0 Å². The Labute approximate surface area is 93.4 Å². The van der Waals surface area contributed by atoms with Crippen LogP contribution in [0.3, 0.4) is 0 Å². The van der Waals surface area contributed by atoms with Crippen molar-refractivity contribution in [1.29, 1.82) is 0 Å². The van der Waals surface area contributed by atoms with Gasteiger partial charge in [0.25, 0.3) is 0 Å². The van der Waals surface area contributed by atoms with E-state index in [0.29, 0.717) is 10.0 Å². The molecule has 0 spiro atoms. The van der Waals surface area contributed by atoms with Gasteiger partial charge in [0.15, 0.2) is 0 Å². The molecule has 1 aromatic carbocycles. The van der Waals surface area contributed by atoms with Gasteiger partial charge in [-0.15, -0.1) is 0 Å². The Morgan fingerprint density at radius 3 is 2.53 bits per heavy atom. The quantitative estimate of drug-likeness (QED) is 0.811. The first-order chi connectivity index (χ1) is 6.80. The summed E-state index contributed by atoms with van der Waals surface area (Å²) in [6.07, 6.45) is -5.38. The Morgan fingerprint density at radius 2 is 2.00 bits per heavy atom. The highest BCUT2D eigenvalue weighted by Gasteiger charge is 2.37. The molecule has 82 valence electrons. The van der Waals surface area contributed by atoms with Crippen molar-refractivity contribution in [3.05, 3.63) is 33.8 Å². The van der Waals surface area contributed by atoms with Crippen LogP contribution < -0.4 is 0 Å². The first-order valence-corrected chi connectivity index (χ1v) is 4.95. The van der Waals surface area contributed by atoms with Crippen LogP contribution in [-0.2, 0) is 11.2 Å². The van der Waals surface area contributed by atoms with Crippen LogP contribution in [-0.4, -0.2) is 12.0 Å². The van der Waals surface area contributed by atoms with Gasteiger partial charge >= 0.3 is 6.18 Å². The lowest BCUT2D eigenvalue weighted by molar-refractivity contribution is -0.170. The fourth-order valence-corrected chi connectivity index (χ4v) is 1.50.